The smallest absolute Gasteiger partial charge is 0.227 e. The van der Waals surface area contributed by atoms with E-state index < -0.39 is 0 Å². The first-order chi connectivity index (χ1) is 14.4. The molecular weight excluding hydrogens is 396 g/mol. The number of allylic oxidation sites excluding steroid dienone is 2. The van der Waals surface area contributed by atoms with Crippen molar-refractivity contribution < 1.29 is 9.53 Å². The molecule has 7 heteroatoms. The fourth-order valence-corrected chi connectivity index (χ4v) is 5.09. The zero-order valence-electron chi connectivity index (χ0n) is 18.2. The van der Waals surface area contributed by atoms with Crippen molar-refractivity contribution in [3.63, 3.8) is 0 Å². The van der Waals surface area contributed by atoms with Crippen LogP contribution in [0.2, 0.25) is 0 Å². The van der Waals surface area contributed by atoms with Crippen molar-refractivity contribution in [2.24, 2.45) is 5.41 Å². The number of aromatic nitrogens is 3. The van der Waals surface area contributed by atoms with Crippen LogP contribution in [0.1, 0.15) is 65.0 Å². The fourth-order valence-electron chi connectivity index (χ4n) is 4.18. The molecule has 0 amide bonds. The molecule has 0 fully saturated rings. The lowest BCUT2D eigenvalue weighted by atomic mass is 9.73. The van der Waals surface area contributed by atoms with Crippen LogP contribution in [0.5, 0.6) is 5.75 Å². The van der Waals surface area contributed by atoms with Gasteiger partial charge in [0, 0.05) is 23.4 Å². The van der Waals surface area contributed by atoms with E-state index in [1.165, 1.54) is 0 Å². The van der Waals surface area contributed by atoms with Crippen molar-refractivity contribution in [1.82, 2.24) is 14.8 Å². The van der Waals surface area contributed by atoms with Crippen LogP contribution in [0.4, 0.5) is 5.95 Å². The van der Waals surface area contributed by atoms with E-state index in [0.717, 1.165) is 58.7 Å². The number of thioether (sulfide) groups is 1. The third kappa shape index (κ3) is 4.13. The molecule has 1 N–H and O–H groups in total. The molecule has 30 heavy (non-hydrogen) atoms. The maximum absolute atomic E-state index is 13.2. The first kappa shape index (κ1) is 21.0. The summed E-state index contributed by atoms with van der Waals surface area (Å²) in [6.45, 7) is 9.07. The zero-order valence-corrected chi connectivity index (χ0v) is 19.0. The molecule has 1 aromatic heterocycles. The van der Waals surface area contributed by atoms with Crippen molar-refractivity contribution in [2.45, 2.75) is 64.6 Å². The van der Waals surface area contributed by atoms with Crippen molar-refractivity contribution in [1.29, 1.82) is 0 Å². The number of benzene rings is 1. The van der Waals surface area contributed by atoms with Crippen molar-refractivity contribution in [3.8, 4) is 5.75 Å². The Hall–Kier alpha value is -2.28. The maximum Gasteiger partial charge on any atom is 0.227 e. The molecule has 1 aliphatic heterocycles. The van der Waals surface area contributed by atoms with Crippen LogP contribution in [0, 0.1) is 5.41 Å². The second kappa shape index (κ2) is 8.46. The van der Waals surface area contributed by atoms with Gasteiger partial charge in [-0.05, 0) is 42.9 Å². The summed E-state index contributed by atoms with van der Waals surface area (Å²) >= 11 is 1.67. The van der Waals surface area contributed by atoms with Gasteiger partial charge in [-0.15, -0.1) is 5.10 Å². The van der Waals surface area contributed by atoms with Gasteiger partial charge in [-0.2, -0.15) is 4.98 Å². The summed E-state index contributed by atoms with van der Waals surface area (Å²) in [4.78, 5) is 18.0. The van der Waals surface area contributed by atoms with Crippen LogP contribution in [0.15, 0.2) is 40.7 Å². The number of fused-ring (bicyclic) bond motifs is 1. The molecule has 2 aromatic rings. The van der Waals surface area contributed by atoms with E-state index in [1.807, 2.05) is 35.9 Å². The van der Waals surface area contributed by atoms with Gasteiger partial charge in [-0.3, -0.25) is 4.79 Å². The van der Waals surface area contributed by atoms with Gasteiger partial charge in [-0.25, -0.2) is 4.68 Å². The summed E-state index contributed by atoms with van der Waals surface area (Å²) in [7, 11) is 0. The summed E-state index contributed by atoms with van der Waals surface area (Å²) in [5.41, 5.74) is 2.77. The molecule has 0 radical (unpaired) electrons. The summed E-state index contributed by atoms with van der Waals surface area (Å²) in [6, 6.07) is 7.74. The Morgan fingerprint density at radius 2 is 2.00 bits per heavy atom. The molecule has 0 saturated carbocycles. The molecule has 4 rings (SSSR count). The van der Waals surface area contributed by atoms with E-state index in [4.69, 9.17) is 14.8 Å². The van der Waals surface area contributed by atoms with Gasteiger partial charge in [0.15, 0.2) is 5.78 Å². The van der Waals surface area contributed by atoms with Gasteiger partial charge < -0.3 is 10.1 Å². The average molecular weight is 427 g/mol. The fraction of sp³-hybridized carbons (Fsp3) is 0.522. The van der Waals surface area contributed by atoms with Crippen molar-refractivity contribution >= 4 is 23.5 Å². The highest BCUT2D eigenvalue weighted by Gasteiger charge is 2.41. The van der Waals surface area contributed by atoms with Gasteiger partial charge in [0.1, 0.15) is 11.8 Å². The number of carbonyl (C=O) groups is 1. The number of carbonyl (C=O) groups excluding carboxylic acids is 1. The standard InChI is InChI=1S/C23H30N4O2S/c1-5-7-12-30-22-25-21-24-17-13-23(3,4)14-18(28)19(17)20(27(21)26-22)15-8-10-16(11-9-15)29-6-2/h8-11,20H,5-7,12-14H2,1-4H3,(H,24,25,26). The van der Waals surface area contributed by atoms with E-state index in [0.29, 0.717) is 13.0 Å². The third-order valence-electron chi connectivity index (χ3n) is 5.55. The predicted molar refractivity (Wildman–Crippen MR) is 120 cm³/mol. The number of ketones is 1. The van der Waals surface area contributed by atoms with E-state index in [2.05, 4.69) is 26.1 Å². The molecule has 1 aliphatic carbocycles. The molecular formula is C23H30N4O2S. The minimum atomic E-state index is -0.261. The molecule has 1 aromatic carbocycles. The van der Waals surface area contributed by atoms with Crippen molar-refractivity contribution in [3.05, 3.63) is 41.1 Å². The van der Waals surface area contributed by atoms with E-state index in [9.17, 15) is 4.79 Å². The highest BCUT2D eigenvalue weighted by atomic mass is 32.2. The lowest BCUT2D eigenvalue weighted by Gasteiger charge is -2.38. The van der Waals surface area contributed by atoms with Crippen LogP contribution in [0.3, 0.4) is 0 Å². The molecule has 0 spiro atoms. The van der Waals surface area contributed by atoms with Gasteiger partial charge in [0.2, 0.25) is 11.1 Å². The molecule has 2 aliphatic rings. The maximum atomic E-state index is 13.2. The van der Waals surface area contributed by atoms with E-state index in [1.54, 1.807) is 11.8 Å². The normalized spacial score (nSPS) is 19.9. The summed E-state index contributed by atoms with van der Waals surface area (Å²) in [5, 5.41) is 8.98. The lowest BCUT2D eigenvalue weighted by Crippen LogP contribution is -2.36. The van der Waals surface area contributed by atoms with Crippen LogP contribution in [-0.2, 0) is 4.79 Å². The molecule has 160 valence electrons. The molecule has 2 heterocycles. The van der Waals surface area contributed by atoms with Gasteiger partial charge in [0.25, 0.3) is 0 Å². The molecule has 0 saturated heterocycles. The summed E-state index contributed by atoms with van der Waals surface area (Å²) in [5.74, 6) is 2.73. The number of nitrogens with zero attached hydrogens (tertiary/aromatic N) is 3. The average Bonchev–Trinajstić information content (AvgIpc) is 3.09. The number of hydrogen-bond acceptors (Lipinski definition) is 6. The number of anilines is 1. The summed E-state index contributed by atoms with van der Waals surface area (Å²) in [6.07, 6.45) is 3.65. The number of nitrogens with one attached hydrogen (secondary N) is 1. The molecule has 1 unspecified atom stereocenters. The van der Waals surface area contributed by atoms with Crippen molar-refractivity contribution in [2.75, 3.05) is 17.7 Å². The van der Waals surface area contributed by atoms with Gasteiger partial charge in [-0.1, -0.05) is 51.1 Å². The Morgan fingerprint density at radius 1 is 1.23 bits per heavy atom. The van der Waals surface area contributed by atoms with Crippen LogP contribution < -0.4 is 10.1 Å². The number of Topliss-reactive ketones (excluding diaryl/α,β-unsaturated/α-hetero) is 1. The molecule has 6 nitrogen and oxygen atoms in total. The Balaban J connectivity index is 1.75. The van der Waals surface area contributed by atoms with Crippen LogP contribution in [-0.4, -0.2) is 32.9 Å². The first-order valence-corrected chi connectivity index (χ1v) is 11.8. The Labute approximate surface area is 182 Å². The minimum absolute atomic E-state index is 0.0623. The highest BCUT2D eigenvalue weighted by molar-refractivity contribution is 7.99. The Bertz CT molecular complexity index is 962. The van der Waals surface area contributed by atoms with E-state index >= 15 is 0 Å². The minimum Gasteiger partial charge on any atom is -0.494 e. The lowest BCUT2D eigenvalue weighted by molar-refractivity contribution is -0.118. The zero-order chi connectivity index (χ0) is 21.3. The van der Waals surface area contributed by atoms with E-state index in [-0.39, 0.29) is 17.2 Å². The number of hydrogen-bond donors (Lipinski definition) is 1. The van der Waals surface area contributed by atoms with Gasteiger partial charge in [0.05, 0.1) is 6.61 Å². The highest BCUT2D eigenvalue weighted by Crippen LogP contribution is 2.45. The second-order valence-corrected chi connectivity index (χ2v) is 9.79. The first-order valence-electron chi connectivity index (χ1n) is 10.8. The molecule has 0 bridgehead atoms. The third-order valence-corrected chi connectivity index (χ3v) is 6.47. The quantitative estimate of drug-likeness (QED) is 0.483. The second-order valence-electron chi connectivity index (χ2n) is 8.73. The monoisotopic (exact) mass is 426 g/mol. The number of unbranched alkanes of at least 4 members (excludes halogenated alkanes) is 1. The number of rotatable bonds is 7. The van der Waals surface area contributed by atoms with Gasteiger partial charge >= 0.3 is 0 Å². The Kier molecular flexibility index (Phi) is 5.91. The SMILES string of the molecule is CCCCSc1nc2n(n1)C(c1ccc(OCC)cc1)C1=C(CC(C)(C)CC1=O)N2. The topological polar surface area (TPSA) is 69.0 Å². The molecule has 1 atom stereocenters. The number of ether oxygens (including phenoxy) is 1. The predicted octanol–water partition coefficient (Wildman–Crippen LogP) is 5.23. The summed E-state index contributed by atoms with van der Waals surface area (Å²) < 4.78 is 7.49. The van der Waals surface area contributed by atoms with Crippen LogP contribution >= 0.6 is 11.8 Å². The Morgan fingerprint density at radius 3 is 2.70 bits per heavy atom. The largest absolute Gasteiger partial charge is 0.494 e. The van der Waals surface area contributed by atoms with Crippen LogP contribution in [0.25, 0.3) is 0 Å².